The molecule has 2 saturated heterocycles. The normalized spacial score (nSPS) is 17.7. The van der Waals surface area contributed by atoms with Crippen LogP contribution in [0.25, 0.3) is 0 Å². The minimum Gasteiger partial charge on any atom is -0.369 e. The van der Waals surface area contributed by atoms with Gasteiger partial charge >= 0.3 is 6.18 Å². The molecule has 9 heteroatoms. The van der Waals surface area contributed by atoms with Crippen LogP contribution in [-0.4, -0.2) is 72.5 Å². The number of halogens is 3. The van der Waals surface area contributed by atoms with Gasteiger partial charge in [-0.2, -0.15) is 13.2 Å². The fourth-order valence-corrected chi connectivity index (χ4v) is 4.94. The molecule has 0 atom stereocenters. The first-order valence-electron chi connectivity index (χ1n) is 13.1. The number of likely N-dealkylation sites (tertiary alicyclic amines) is 1. The molecule has 6 nitrogen and oxygen atoms in total. The van der Waals surface area contributed by atoms with Crippen LogP contribution in [0.4, 0.5) is 24.7 Å². The second kappa shape index (κ2) is 12.4. The summed E-state index contributed by atoms with van der Waals surface area (Å²) in [5.41, 5.74) is 1.99. The fraction of sp³-hybridized carbons (Fsp3) is 0.586. The Kier molecular flexibility index (Phi) is 9.68. The Morgan fingerprint density at radius 2 is 1.53 bits per heavy atom. The van der Waals surface area contributed by atoms with Gasteiger partial charge in [-0.1, -0.05) is 40.3 Å². The van der Waals surface area contributed by atoms with Crippen LogP contribution in [0.1, 0.15) is 58.6 Å². The second-order valence-corrected chi connectivity index (χ2v) is 11.1. The molecule has 0 saturated carbocycles. The lowest BCUT2D eigenvalue weighted by molar-refractivity contribution is -0.137. The van der Waals surface area contributed by atoms with Gasteiger partial charge in [0.05, 0.1) is 5.56 Å². The maximum Gasteiger partial charge on any atom is 0.417 e. The summed E-state index contributed by atoms with van der Waals surface area (Å²) in [5, 5.41) is 3.20. The van der Waals surface area contributed by atoms with E-state index in [1.54, 1.807) is 0 Å². The van der Waals surface area contributed by atoms with Crippen molar-refractivity contribution in [2.45, 2.75) is 65.1 Å². The van der Waals surface area contributed by atoms with Crippen molar-refractivity contribution in [3.8, 4) is 0 Å². The van der Waals surface area contributed by atoms with Crippen molar-refractivity contribution in [1.29, 1.82) is 0 Å². The van der Waals surface area contributed by atoms with E-state index in [0.29, 0.717) is 25.3 Å². The van der Waals surface area contributed by atoms with Gasteiger partial charge in [0.1, 0.15) is 5.82 Å². The largest absolute Gasteiger partial charge is 0.417 e. The molecule has 1 aromatic carbocycles. The standard InChI is InChI=1S/C28H38F3N5O.CH4/c1-27(2,3)21-4-7-24(8-5-21)35-18-16-34(17-19-35)13-12-26(37)36-14-10-23(11-15-36)33-25-9-6-22(20-32-25)28(29,30)31;/h4-9,20,23H,10-19H2,1-3H3,(H,32,33);1H4. The molecule has 2 aromatic rings. The number of carbonyl (C=O) groups is 1. The highest BCUT2D eigenvalue weighted by molar-refractivity contribution is 5.76. The molecule has 2 aliphatic heterocycles. The van der Waals surface area contributed by atoms with E-state index in [9.17, 15) is 18.0 Å². The van der Waals surface area contributed by atoms with Crippen molar-refractivity contribution in [3.05, 3.63) is 53.7 Å². The van der Waals surface area contributed by atoms with E-state index in [4.69, 9.17) is 0 Å². The van der Waals surface area contributed by atoms with Gasteiger partial charge in [-0.3, -0.25) is 9.69 Å². The summed E-state index contributed by atoms with van der Waals surface area (Å²) >= 11 is 0. The Balaban J connectivity index is 0.00000400. The molecule has 0 spiro atoms. The Morgan fingerprint density at radius 1 is 0.921 bits per heavy atom. The lowest BCUT2D eigenvalue weighted by Gasteiger charge is -2.37. The van der Waals surface area contributed by atoms with Gasteiger partial charge in [-0.15, -0.1) is 0 Å². The third kappa shape index (κ3) is 7.85. The first kappa shape index (κ1) is 29.7. The molecule has 0 bridgehead atoms. The van der Waals surface area contributed by atoms with E-state index in [-0.39, 0.29) is 24.8 Å². The van der Waals surface area contributed by atoms with E-state index >= 15 is 0 Å². The average molecular weight is 534 g/mol. The van der Waals surface area contributed by atoms with Crippen LogP contribution in [0.2, 0.25) is 0 Å². The molecule has 0 radical (unpaired) electrons. The predicted molar refractivity (Wildman–Crippen MR) is 148 cm³/mol. The van der Waals surface area contributed by atoms with Gasteiger partial charge < -0.3 is 15.1 Å². The van der Waals surface area contributed by atoms with Crippen LogP contribution in [0.5, 0.6) is 0 Å². The van der Waals surface area contributed by atoms with Crippen molar-refractivity contribution in [3.63, 3.8) is 0 Å². The summed E-state index contributed by atoms with van der Waals surface area (Å²) in [4.78, 5) is 23.4. The zero-order chi connectivity index (χ0) is 26.6. The summed E-state index contributed by atoms with van der Waals surface area (Å²) in [6.07, 6.45) is -1.52. The number of aromatic nitrogens is 1. The van der Waals surface area contributed by atoms with E-state index in [0.717, 1.165) is 57.8 Å². The third-order valence-corrected chi connectivity index (χ3v) is 7.40. The Hall–Kier alpha value is -2.81. The van der Waals surface area contributed by atoms with Crippen LogP contribution in [0.3, 0.4) is 0 Å². The van der Waals surface area contributed by atoms with Gasteiger partial charge in [-0.05, 0) is 48.1 Å². The minimum absolute atomic E-state index is 0. The van der Waals surface area contributed by atoms with Crippen molar-refractivity contribution < 1.29 is 18.0 Å². The third-order valence-electron chi connectivity index (χ3n) is 7.40. The molecule has 1 amide bonds. The maximum atomic E-state index is 12.8. The number of rotatable bonds is 6. The first-order valence-corrected chi connectivity index (χ1v) is 13.1. The molecule has 0 aliphatic carbocycles. The zero-order valence-corrected chi connectivity index (χ0v) is 22.0. The molecule has 1 aromatic heterocycles. The second-order valence-electron chi connectivity index (χ2n) is 11.1. The van der Waals surface area contributed by atoms with Gasteiger partial charge in [0, 0.05) is 70.2 Å². The van der Waals surface area contributed by atoms with Gasteiger partial charge in [0.25, 0.3) is 0 Å². The lowest BCUT2D eigenvalue weighted by Crippen LogP contribution is -2.48. The molecule has 0 unspecified atom stereocenters. The molecule has 2 aliphatic rings. The number of piperidine rings is 1. The minimum atomic E-state index is -4.39. The van der Waals surface area contributed by atoms with E-state index in [2.05, 4.69) is 65.1 Å². The van der Waals surface area contributed by atoms with E-state index in [1.165, 1.54) is 17.3 Å². The van der Waals surface area contributed by atoms with Gasteiger partial charge in [-0.25, -0.2) is 4.98 Å². The predicted octanol–water partition coefficient (Wildman–Crippen LogP) is 5.65. The van der Waals surface area contributed by atoms with E-state index < -0.39 is 11.7 Å². The first-order chi connectivity index (χ1) is 17.5. The fourth-order valence-electron chi connectivity index (χ4n) is 4.94. The van der Waals surface area contributed by atoms with Crippen molar-refractivity contribution in [2.24, 2.45) is 0 Å². The molecular weight excluding hydrogens is 491 g/mol. The number of alkyl halides is 3. The van der Waals surface area contributed by atoms with Crippen LogP contribution < -0.4 is 10.2 Å². The summed E-state index contributed by atoms with van der Waals surface area (Å²) in [7, 11) is 0. The quantitative estimate of drug-likeness (QED) is 0.520. The number of pyridine rings is 1. The van der Waals surface area contributed by atoms with Gasteiger partial charge in [0.15, 0.2) is 0 Å². The Bertz CT molecular complexity index is 1020. The van der Waals surface area contributed by atoms with E-state index in [1.807, 2.05) is 4.90 Å². The number of hydrogen-bond acceptors (Lipinski definition) is 5. The van der Waals surface area contributed by atoms with Crippen LogP contribution in [0, 0.1) is 0 Å². The van der Waals surface area contributed by atoms with Gasteiger partial charge in [0.2, 0.25) is 5.91 Å². The highest BCUT2D eigenvalue weighted by Gasteiger charge is 2.31. The number of hydrogen-bond donors (Lipinski definition) is 1. The molecule has 210 valence electrons. The maximum absolute atomic E-state index is 12.8. The Morgan fingerprint density at radius 3 is 2.05 bits per heavy atom. The molecule has 2 fully saturated rings. The summed E-state index contributed by atoms with van der Waals surface area (Å²) in [6.45, 7) is 12.5. The zero-order valence-electron chi connectivity index (χ0n) is 22.0. The number of nitrogens with zero attached hydrogens (tertiary/aromatic N) is 4. The molecule has 3 heterocycles. The number of anilines is 2. The summed E-state index contributed by atoms with van der Waals surface area (Å²) in [6, 6.07) is 11.4. The number of nitrogens with one attached hydrogen (secondary N) is 1. The topological polar surface area (TPSA) is 51.7 Å². The van der Waals surface area contributed by atoms with Crippen molar-refractivity contribution in [2.75, 3.05) is 56.0 Å². The summed E-state index contributed by atoms with van der Waals surface area (Å²) < 4.78 is 38.1. The lowest BCUT2D eigenvalue weighted by atomic mass is 9.87. The van der Waals surface area contributed by atoms with Crippen LogP contribution >= 0.6 is 0 Å². The number of amides is 1. The number of benzene rings is 1. The Labute approximate surface area is 225 Å². The SMILES string of the molecule is C.CC(C)(C)c1ccc(N2CCN(CCC(=O)N3CCC(Nc4ccc(C(F)(F)F)cn4)CC3)CC2)cc1. The highest BCUT2D eigenvalue weighted by atomic mass is 19.4. The molecular formula is C29H42F3N5O. The summed E-state index contributed by atoms with van der Waals surface area (Å²) in [5.74, 6) is 0.605. The number of piperazine rings is 1. The average Bonchev–Trinajstić information content (AvgIpc) is 2.87. The van der Waals surface area contributed by atoms with Crippen LogP contribution in [-0.2, 0) is 16.4 Å². The van der Waals surface area contributed by atoms with Crippen molar-refractivity contribution >= 4 is 17.4 Å². The number of carbonyl (C=O) groups excluding carboxylic acids is 1. The smallest absolute Gasteiger partial charge is 0.369 e. The van der Waals surface area contributed by atoms with Crippen molar-refractivity contribution in [1.82, 2.24) is 14.8 Å². The highest BCUT2D eigenvalue weighted by Crippen LogP contribution is 2.29. The molecule has 38 heavy (non-hydrogen) atoms. The van der Waals surface area contributed by atoms with Crippen LogP contribution in [0.15, 0.2) is 42.6 Å². The molecule has 1 N–H and O–H groups in total. The molecule has 4 rings (SSSR count). The monoisotopic (exact) mass is 533 g/mol.